The molecule has 2 N–H and O–H groups in total. The molecule has 1 saturated heterocycles. The molecule has 2 heterocycles. The Morgan fingerprint density at radius 1 is 1.20 bits per heavy atom. The summed E-state index contributed by atoms with van der Waals surface area (Å²) in [6.07, 6.45) is 2.46. The second-order valence-corrected chi connectivity index (χ2v) is 11.0. The summed E-state index contributed by atoms with van der Waals surface area (Å²) in [6, 6.07) is 7.57. The minimum absolute atomic E-state index is 0.168. The molecule has 0 radical (unpaired) electrons. The third kappa shape index (κ3) is 5.55. The number of carbonyl (C=O) groups excluding carboxylic acids is 1. The van der Waals surface area contributed by atoms with Gasteiger partial charge in [0, 0.05) is 30.7 Å². The number of amides is 1. The summed E-state index contributed by atoms with van der Waals surface area (Å²) in [5.74, 6) is 0.217. The summed E-state index contributed by atoms with van der Waals surface area (Å²) < 4.78 is 27.8. The maximum atomic E-state index is 12.7. The molecule has 0 spiro atoms. The number of benzene rings is 1. The van der Waals surface area contributed by atoms with Gasteiger partial charge in [-0.1, -0.05) is 44.2 Å². The molecule has 8 nitrogen and oxygen atoms in total. The van der Waals surface area contributed by atoms with Crippen molar-refractivity contribution in [3.63, 3.8) is 0 Å². The van der Waals surface area contributed by atoms with Gasteiger partial charge in [0.1, 0.15) is 0 Å². The molecule has 10 heteroatoms. The second kappa shape index (κ2) is 9.40. The minimum Gasteiger partial charge on any atom is -0.371 e. The number of rotatable bonds is 7. The van der Waals surface area contributed by atoms with Crippen molar-refractivity contribution in [3.05, 3.63) is 29.8 Å². The Kier molecular flexibility index (Phi) is 7.10. The molecule has 2 aromatic rings. The van der Waals surface area contributed by atoms with Gasteiger partial charge in [-0.05, 0) is 43.4 Å². The number of nitrogens with zero attached hydrogens (tertiary/aromatic N) is 3. The van der Waals surface area contributed by atoms with Crippen LogP contribution in [0, 0.1) is 11.8 Å². The number of anilines is 2. The fraction of sp³-hybridized carbons (Fsp3) is 0.550. The van der Waals surface area contributed by atoms with E-state index in [-0.39, 0.29) is 21.3 Å². The van der Waals surface area contributed by atoms with Crippen molar-refractivity contribution < 1.29 is 13.2 Å². The highest BCUT2D eigenvalue weighted by Gasteiger charge is 2.24. The van der Waals surface area contributed by atoms with E-state index in [1.165, 1.54) is 12.8 Å². The quantitative estimate of drug-likeness (QED) is 0.625. The predicted octanol–water partition coefficient (Wildman–Crippen LogP) is 3.41. The smallest absolute Gasteiger partial charge is 0.270 e. The summed E-state index contributed by atoms with van der Waals surface area (Å²) in [5.41, 5.74) is 2.03. The van der Waals surface area contributed by atoms with Crippen LogP contribution in [-0.4, -0.2) is 37.6 Å². The molecule has 0 bridgehead atoms. The average molecular weight is 452 g/mol. The van der Waals surface area contributed by atoms with Crippen LogP contribution < -0.4 is 14.9 Å². The topological polar surface area (TPSA) is 104 Å². The van der Waals surface area contributed by atoms with Gasteiger partial charge in [0.15, 0.2) is 0 Å². The SMILES string of the molecule is CC1CCCN(c2ccc(C(C)NS(=O)(=O)c3nnc(NC(=O)C(C)C)s3)cc2)C1. The lowest BCUT2D eigenvalue weighted by atomic mass is 9.99. The summed E-state index contributed by atoms with van der Waals surface area (Å²) >= 11 is 0.833. The predicted molar refractivity (Wildman–Crippen MR) is 119 cm³/mol. The Bertz CT molecular complexity index is 973. The number of piperidine rings is 1. The Morgan fingerprint density at radius 3 is 2.53 bits per heavy atom. The van der Waals surface area contributed by atoms with Crippen molar-refractivity contribution in [2.24, 2.45) is 11.8 Å². The van der Waals surface area contributed by atoms with Crippen molar-refractivity contribution in [2.75, 3.05) is 23.3 Å². The average Bonchev–Trinajstić information content (AvgIpc) is 3.17. The van der Waals surface area contributed by atoms with E-state index in [0.717, 1.165) is 35.7 Å². The third-order valence-corrected chi connectivity index (χ3v) is 7.88. The summed E-state index contributed by atoms with van der Waals surface area (Å²) in [7, 11) is -3.85. The molecule has 30 heavy (non-hydrogen) atoms. The number of hydrogen-bond acceptors (Lipinski definition) is 7. The van der Waals surface area contributed by atoms with Gasteiger partial charge < -0.3 is 10.2 Å². The van der Waals surface area contributed by atoms with Crippen LogP contribution >= 0.6 is 11.3 Å². The fourth-order valence-electron chi connectivity index (χ4n) is 3.37. The van der Waals surface area contributed by atoms with Gasteiger partial charge in [0.2, 0.25) is 15.4 Å². The van der Waals surface area contributed by atoms with Crippen LogP contribution in [-0.2, 0) is 14.8 Å². The zero-order valence-electron chi connectivity index (χ0n) is 17.8. The third-order valence-electron chi connectivity index (χ3n) is 5.14. The lowest BCUT2D eigenvalue weighted by Crippen LogP contribution is -2.34. The van der Waals surface area contributed by atoms with Gasteiger partial charge in [-0.25, -0.2) is 13.1 Å². The van der Waals surface area contributed by atoms with E-state index in [4.69, 9.17) is 0 Å². The fourth-order valence-corrected chi connectivity index (χ4v) is 5.52. The summed E-state index contributed by atoms with van der Waals surface area (Å²) in [6.45, 7) is 9.65. The first-order chi connectivity index (χ1) is 14.2. The van der Waals surface area contributed by atoms with E-state index < -0.39 is 16.1 Å². The molecule has 3 rings (SSSR count). The van der Waals surface area contributed by atoms with Crippen molar-refractivity contribution in [1.29, 1.82) is 0 Å². The number of hydrogen-bond donors (Lipinski definition) is 2. The van der Waals surface area contributed by atoms with Crippen LogP contribution in [0.4, 0.5) is 10.8 Å². The highest BCUT2D eigenvalue weighted by molar-refractivity contribution is 7.91. The van der Waals surface area contributed by atoms with Gasteiger partial charge >= 0.3 is 0 Å². The molecule has 1 aromatic heterocycles. The van der Waals surface area contributed by atoms with E-state index in [2.05, 4.69) is 32.1 Å². The lowest BCUT2D eigenvalue weighted by Gasteiger charge is -2.33. The van der Waals surface area contributed by atoms with Gasteiger partial charge in [-0.15, -0.1) is 10.2 Å². The summed E-state index contributed by atoms with van der Waals surface area (Å²) in [4.78, 5) is 14.1. The van der Waals surface area contributed by atoms with Gasteiger partial charge in [0.25, 0.3) is 10.0 Å². The van der Waals surface area contributed by atoms with Crippen molar-refractivity contribution in [2.45, 2.75) is 50.9 Å². The second-order valence-electron chi connectivity index (χ2n) is 8.14. The molecule has 0 saturated carbocycles. The van der Waals surface area contributed by atoms with Crippen molar-refractivity contribution in [3.8, 4) is 0 Å². The van der Waals surface area contributed by atoms with E-state index in [9.17, 15) is 13.2 Å². The normalized spacial score (nSPS) is 18.4. The van der Waals surface area contributed by atoms with Crippen molar-refractivity contribution in [1.82, 2.24) is 14.9 Å². The monoisotopic (exact) mass is 451 g/mol. The van der Waals surface area contributed by atoms with E-state index in [1.807, 2.05) is 24.3 Å². The van der Waals surface area contributed by atoms with Crippen LogP contribution in [0.5, 0.6) is 0 Å². The molecule has 2 atom stereocenters. The maximum Gasteiger partial charge on any atom is 0.270 e. The molecule has 1 amide bonds. The highest BCUT2D eigenvalue weighted by Crippen LogP contribution is 2.26. The number of carbonyl (C=O) groups is 1. The Labute approximate surface area is 182 Å². The van der Waals surface area contributed by atoms with E-state index >= 15 is 0 Å². The first kappa shape index (κ1) is 22.6. The first-order valence-electron chi connectivity index (χ1n) is 10.2. The Balaban J connectivity index is 1.65. The molecule has 0 aliphatic carbocycles. The van der Waals surface area contributed by atoms with Crippen LogP contribution in [0.25, 0.3) is 0 Å². The lowest BCUT2D eigenvalue weighted by molar-refractivity contribution is -0.118. The van der Waals surface area contributed by atoms with Crippen molar-refractivity contribution >= 4 is 38.1 Å². The molecule has 164 valence electrons. The van der Waals surface area contributed by atoms with Gasteiger partial charge in [-0.3, -0.25) is 4.79 Å². The molecule has 1 aliphatic heterocycles. The Morgan fingerprint density at radius 2 is 1.90 bits per heavy atom. The molecule has 1 aromatic carbocycles. The molecule has 1 aliphatic rings. The molecule has 1 fully saturated rings. The van der Waals surface area contributed by atoms with Gasteiger partial charge in [-0.2, -0.15) is 0 Å². The molecular formula is C20H29N5O3S2. The largest absolute Gasteiger partial charge is 0.371 e. The summed E-state index contributed by atoms with van der Waals surface area (Å²) in [5, 5.41) is 10.2. The van der Waals surface area contributed by atoms with Crippen LogP contribution in [0.1, 0.15) is 52.1 Å². The minimum atomic E-state index is -3.85. The van der Waals surface area contributed by atoms with E-state index in [0.29, 0.717) is 5.92 Å². The standard InChI is InChI=1S/C20H29N5O3S2/c1-13(2)18(26)21-19-22-23-20(29-19)30(27,28)24-15(4)16-7-9-17(10-8-16)25-11-5-6-14(3)12-25/h7-10,13-15,24H,5-6,11-12H2,1-4H3,(H,21,22,26). The Hall–Kier alpha value is -2.04. The number of nitrogens with one attached hydrogen (secondary N) is 2. The highest BCUT2D eigenvalue weighted by atomic mass is 32.2. The van der Waals surface area contributed by atoms with E-state index in [1.54, 1.807) is 20.8 Å². The zero-order chi connectivity index (χ0) is 21.9. The van der Waals surface area contributed by atoms with Gasteiger partial charge in [0.05, 0.1) is 0 Å². The van der Waals surface area contributed by atoms with Crippen LogP contribution in [0.15, 0.2) is 28.6 Å². The van der Waals surface area contributed by atoms with Crippen LogP contribution in [0.3, 0.4) is 0 Å². The maximum absolute atomic E-state index is 12.7. The zero-order valence-corrected chi connectivity index (χ0v) is 19.4. The number of aromatic nitrogens is 2. The molecular weight excluding hydrogens is 422 g/mol. The first-order valence-corrected chi connectivity index (χ1v) is 12.5. The molecule has 2 unspecified atom stereocenters. The number of sulfonamides is 1. The van der Waals surface area contributed by atoms with Crippen LogP contribution in [0.2, 0.25) is 0 Å².